The van der Waals surface area contributed by atoms with Crippen LogP contribution >= 0.6 is 23.4 Å². The number of hydrogen-bond acceptors (Lipinski definition) is 5. The van der Waals surface area contributed by atoms with Crippen molar-refractivity contribution in [3.63, 3.8) is 0 Å². The van der Waals surface area contributed by atoms with E-state index in [1.807, 2.05) is 11.8 Å². The van der Waals surface area contributed by atoms with Gasteiger partial charge in [0.25, 0.3) is 0 Å². The molecule has 104 valence electrons. The van der Waals surface area contributed by atoms with Crippen LogP contribution in [0.25, 0.3) is 0 Å². The zero-order valence-corrected chi connectivity index (χ0v) is 12.2. The molecule has 0 radical (unpaired) electrons. The van der Waals surface area contributed by atoms with Gasteiger partial charge in [-0.25, -0.2) is 4.98 Å². The standard InChI is InChI=1S/C12H16ClN3O2S/c1-2-19-10-5-3-4-8(10)14-12-9(16(17)18)6-7-11(13)15-12/h6-8,10H,2-5H2,1H3,(H,14,15). The second kappa shape index (κ2) is 6.43. The van der Waals surface area contributed by atoms with E-state index in [0.717, 1.165) is 25.0 Å². The van der Waals surface area contributed by atoms with Crippen molar-refractivity contribution < 1.29 is 4.92 Å². The first-order chi connectivity index (χ1) is 9.11. The molecular formula is C12H16ClN3O2S. The number of pyridine rings is 1. The lowest BCUT2D eigenvalue weighted by atomic mass is 10.2. The molecule has 1 N–H and O–H groups in total. The molecule has 0 aromatic carbocycles. The van der Waals surface area contributed by atoms with Gasteiger partial charge in [-0.1, -0.05) is 24.9 Å². The Hall–Kier alpha value is -1.01. The molecule has 1 saturated carbocycles. The van der Waals surface area contributed by atoms with Gasteiger partial charge in [0, 0.05) is 17.4 Å². The van der Waals surface area contributed by atoms with Crippen molar-refractivity contribution in [2.24, 2.45) is 0 Å². The highest BCUT2D eigenvalue weighted by molar-refractivity contribution is 7.99. The van der Waals surface area contributed by atoms with Gasteiger partial charge in [-0.05, 0) is 24.7 Å². The minimum Gasteiger partial charge on any atom is -0.360 e. The Morgan fingerprint density at radius 1 is 1.58 bits per heavy atom. The van der Waals surface area contributed by atoms with Gasteiger partial charge < -0.3 is 5.32 Å². The number of halogens is 1. The summed E-state index contributed by atoms with van der Waals surface area (Å²) in [5.41, 5.74) is -0.0171. The minimum atomic E-state index is -0.428. The summed E-state index contributed by atoms with van der Waals surface area (Å²) in [5, 5.41) is 15.0. The number of nitrogens with zero attached hydrogens (tertiary/aromatic N) is 2. The van der Waals surface area contributed by atoms with Crippen LogP contribution in [0.5, 0.6) is 0 Å². The van der Waals surface area contributed by atoms with Gasteiger partial charge >= 0.3 is 5.69 Å². The molecule has 2 atom stereocenters. The molecule has 1 fully saturated rings. The van der Waals surface area contributed by atoms with Crippen molar-refractivity contribution in [1.29, 1.82) is 0 Å². The highest BCUT2D eigenvalue weighted by Crippen LogP contribution is 2.34. The maximum atomic E-state index is 11.0. The van der Waals surface area contributed by atoms with E-state index in [4.69, 9.17) is 11.6 Å². The Kier molecular flexibility index (Phi) is 4.87. The highest BCUT2D eigenvalue weighted by atomic mass is 35.5. The summed E-state index contributed by atoms with van der Waals surface area (Å²) in [6, 6.07) is 3.07. The smallest absolute Gasteiger partial charge is 0.311 e. The molecular weight excluding hydrogens is 286 g/mol. The second-order valence-corrected chi connectivity index (χ2v) is 6.34. The van der Waals surface area contributed by atoms with Crippen molar-refractivity contribution in [3.8, 4) is 0 Å². The summed E-state index contributed by atoms with van der Waals surface area (Å²) >= 11 is 7.72. The average molecular weight is 302 g/mol. The monoisotopic (exact) mass is 301 g/mol. The van der Waals surface area contributed by atoms with E-state index in [1.54, 1.807) is 0 Å². The van der Waals surface area contributed by atoms with E-state index in [9.17, 15) is 10.1 Å². The SMILES string of the molecule is CCSC1CCCC1Nc1nc(Cl)ccc1[N+](=O)[O-]. The molecule has 2 unspecified atom stereocenters. The fourth-order valence-electron chi connectivity index (χ4n) is 2.36. The molecule has 1 aliphatic carbocycles. The molecule has 0 spiro atoms. The Labute approximate surface area is 121 Å². The third-order valence-corrected chi connectivity index (χ3v) is 4.73. The number of nitrogens with one attached hydrogen (secondary N) is 1. The van der Waals surface area contributed by atoms with Crippen molar-refractivity contribution >= 4 is 34.9 Å². The van der Waals surface area contributed by atoms with Gasteiger partial charge in [0.05, 0.1) is 4.92 Å². The summed E-state index contributed by atoms with van der Waals surface area (Å²) in [4.78, 5) is 14.6. The van der Waals surface area contributed by atoms with Gasteiger partial charge in [-0.2, -0.15) is 11.8 Å². The van der Waals surface area contributed by atoms with Gasteiger partial charge in [0.15, 0.2) is 0 Å². The molecule has 1 aromatic heterocycles. The van der Waals surface area contributed by atoms with E-state index in [2.05, 4.69) is 17.2 Å². The molecule has 5 nitrogen and oxygen atoms in total. The molecule has 0 amide bonds. The van der Waals surface area contributed by atoms with E-state index in [0.29, 0.717) is 5.25 Å². The zero-order valence-electron chi connectivity index (χ0n) is 10.6. The fourth-order valence-corrected chi connectivity index (χ4v) is 3.71. The molecule has 7 heteroatoms. The minimum absolute atomic E-state index is 0.0171. The summed E-state index contributed by atoms with van der Waals surface area (Å²) < 4.78 is 0. The molecule has 19 heavy (non-hydrogen) atoms. The summed E-state index contributed by atoms with van der Waals surface area (Å²) in [5.74, 6) is 1.33. The Bertz CT molecular complexity index is 472. The van der Waals surface area contributed by atoms with E-state index < -0.39 is 4.92 Å². The van der Waals surface area contributed by atoms with Crippen LogP contribution in [0.2, 0.25) is 5.15 Å². The van der Waals surface area contributed by atoms with Crippen LogP contribution in [-0.2, 0) is 0 Å². The van der Waals surface area contributed by atoms with Crippen LogP contribution in [-0.4, -0.2) is 27.0 Å². The summed E-state index contributed by atoms with van der Waals surface area (Å²) in [6.45, 7) is 2.13. The molecule has 0 bridgehead atoms. The summed E-state index contributed by atoms with van der Waals surface area (Å²) in [6.07, 6.45) is 3.30. The van der Waals surface area contributed by atoms with Crippen LogP contribution in [0.15, 0.2) is 12.1 Å². The first-order valence-electron chi connectivity index (χ1n) is 6.31. The zero-order chi connectivity index (χ0) is 13.8. The maximum absolute atomic E-state index is 11.0. The van der Waals surface area contributed by atoms with Gasteiger partial charge in [0.2, 0.25) is 5.82 Å². The number of rotatable bonds is 5. The fraction of sp³-hybridized carbons (Fsp3) is 0.583. The lowest BCUT2D eigenvalue weighted by Gasteiger charge is -2.20. The molecule has 0 saturated heterocycles. The normalized spacial score (nSPS) is 22.4. The van der Waals surface area contributed by atoms with Gasteiger partial charge in [-0.3, -0.25) is 10.1 Å². The Morgan fingerprint density at radius 2 is 2.37 bits per heavy atom. The first kappa shape index (κ1) is 14.4. The maximum Gasteiger partial charge on any atom is 0.311 e. The van der Waals surface area contributed by atoms with E-state index in [-0.39, 0.29) is 22.7 Å². The van der Waals surface area contributed by atoms with Crippen LogP contribution in [0.1, 0.15) is 26.2 Å². The van der Waals surface area contributed by atoms with Crippen LogP contribution in [0.3, 0.4) is 0 Å². The van der Waals surface area contributed by atoms with Crippen LogP contribution < -0.4 is 5.32 Å². The molecule has 2 rings (SSSR count). The first-order valence-corrected chi connectivity index (χ1v) is 7.73. The Balaban J connectivity index is 2.17. The number of anilines is 1. The second-order valence-electron chi connectivity index (χ2n) is 4.43. The van der Waals surface area contributed by atoms with E-state index >= 15 is 0 Å². The van der Waals surface area contributed by atoms with Gasteiger partial charge in [-0.15, -0.1) is 0 Å². The average Bonchev–Trinajstić information content (AvgIpc) is 2.77. The van der Waals surface area contributed by atoms with E-state index in [1.165, 1.54) is 12.1 Å². The predicted octanol–water partition coefficient (Wildman–Crippen LogP) is 3.73. The van der Waals surface area contributed by atoms with Gasteiger partial charge in [0.1, 0.15) is 5.15 Å². The summed E-state index contributed by atoms with van der Waals surface area (Å²) in [7, 11) is 0. The lowest BCUT2D eigenvalue weighted by Crippen LogP contribution is -2.27. The predicted molar refractivity (Wildman–Crippen MR) is 79.1 cm³/mol. The Morgan fingerprint density at radius 3 is 3.05 bits per heavy atom. The third-order valence-electron chi connectivity index (χ3n) is 3.19. The van der Waals surface area contributed by atoms with Crippen molar-refractivity contribution in [2.45, 2.75) is 37.5 Å². The lowest BCUT2D eigenvalue weighted by molar-refractivity contribution is -0.384. The quantitative estimate of drug-likeness (QED) is 0.510. The molecule has 0 aliphatic heterocycles. The third kappa shape index (κ3) is 3.51. The highest BCUT2D eigenvalue weighted by Gasteiger charge is 2.29. The number of thioether (sulfide) groups is 1. The largest absolute Gasteiger partial charge is 0.360 e. The number of aromatic nitrogens is 1. The van der Waals surface area contributed by atoms with Crippen molar-refractivity contribution in [1.82, 2.24) is 4.98 Å². The number of nitro groups is 1. The molecule has 1 aliphatic rings. The van der Waals surface area contributed by atoms with Crippen LogP contribution in [0, 0.1) is 10.1 Å². The molecule has 1 heterocycles. The topological polar surface area (TPSA) is 68.1 Å². The molecule has 1 aromatic rings. The van der Waals surface area contributed by atoms with Crippen molar-refractivity contribution in [2.75, 3.05) is 11.1 Å². The number of hydrogen-bond donors (Lipinski definition) is 1. The van der Waals surface area contributed by atoms with Crippen molar-refractivity contribution in [3.05, 3.63) is 27.4 Å². The van der Waals surface area contributed by atoms with Crippen LogP contribution in [0.4, 0.5) is 11.5 Å².